The van der Waals surface area contributed by atoms with Gasteiger partial charge < -0.3 is 10.2 Å². The Morgan fingerprint density at radius 2 is 2.24 bits per heavy atom. The van der Waals surface area contributed by atoms with Crippen molar-refractivity contribution in [2.75, 3.05) is 11.9 Å². The van der Waals surface area contributed by atoms with Crippen LogP contribution in [0.15, 0.2) is 17.8 Å². The van der Waals surface area contributed by atoms with E-state index in [0.29, 0.717) is 30.5 Å². The van der Waals surface area contributed by atoms with Crippen molar-refractivity contribution in [1.82, 2.24) is 15.3 Å². The van der Waals surface area contributed by atoms with E-state index in [1.54, 1.807) is 23.6 Å². The molecule has 6 heteroatoms. The molecule has 4 nitrogen and oxygen atoms in total. The van der Waals surface area contributed by atoms with Gasteiger partial charge in [0.1, 0.15) is 0 Å². The van der Waals surface area contributed by atoms with Crippen LogP contribution in [0, 0.1) is 12.7 Å². The first kappa shape index (κ1) is 14.4. The van der Waals surface area contributed by atoms with E-state index in [2.05, 4.69) is 15.3 Å². The maximum atomic E-state index is 14.6. The van der Waals surface area contributed by atoms with Crippen LogP contribution in [0.5, 0.6) is 0 Å². The molecule has 112 valence electrons. The maximum absolute atomic E-state index is 14.6. The Kier molecular flexibility index (Phi) is 4.17. The minimum Gasteiger partial charge on any atom is -0.352 e. The van der Waals surface area contributed by atoms with Crippen LogP contribution in [0.2, 0.25) is 0 Å². The van der Waals surface area contributed by atoms with Crippen LogP contribution in [0.3, 0.4) is 0 Å². The monoisotopic (exact) mass is 306 g/mol. The molecule has 0 radical (unpaired) electrons. The van der Waals surface area contributed by atoms with Crippen molar-refractivity contribution in [2.45, 2.75) is 38.9 Å². The number of aromatic nitrogens is 2. The number of nitrogens with one attached hydrogen (secondary N) is 1. The van der Waals surface area contributed by atoms with Crippen molar-refractivity contribution >= 4 is 17.2 Å². The van der Waals surface area contributed by atoms with Crippen LogP contribution in [0.4, 0.5) is 10.2 Å². The molecular weight excluding hydrogens is 287 g/mol. The third-order valence-corrected chi connectivity index (χ3v) is 4.62. The Morgan fingerprint density at radius 1 is 1.43 bits per heavy atom. The summed E-state index contributed by atoms with van der Waals surface area (Å²) in [6, 6.07) is 2.32. The summed E-state index contributed by atoms with van der Waals surface area (Å²) < 4.78 is 14.6. The van der Waals surface area contributed by atoms with Crippen molar-refractivity contribution in [3.8, 4) is 0 Å². The van der Waals surface area contributed by atoms with Crippen LogP contribution >= 0.6 is 11.3 Å². The highest BCUT2D eigenvalue weighted by molar-refractivity contribution is 7.09. The highest BCUT2D eigenvalue weighted by Gasteiger charge is 2.21. The van der Waals surface area contributed by atoms with Crippen molar-refractivity contribution in [3.63, 3.8) is 0 Å². The molecule has 0 unspecified atom stereocenters. The lowest BCUT2D eigenvalue weighted by Crippen LogP contribution is -2.21. The number of hydrogen-bond donors (Lipinski definition) is 1. The quantitative estimate of drug-likeness (QED) is 0.891. The average Bonchev–Trinajstić information content (AvgIpc) is 3.21. The molecule has 2 aromatic rings. The summed E-state index contributed by atoms with van der Waals surface area (Å²) in [7, 11) is 1.86. The van der Waals surface area contributed by atoms with E-state index in [1.807, 2.05) is 24.4 Å². The van der Waals surface area contributed by atoms with Crippen LogP contribution in [-0.4, -0.2) is 23.1 Å². The first-order valence-corrected chi connectivity index (χ1v) is 8.00. The first-order valence-electron chi connectivity index (χ1n) is 7.12. The van der Waals surface area contributed by atoms with E-state index >= 15 is 0 Å². The fourth-order valence-electron chi connectivity index (χ4n) is 2.18. The molecule has 1 aliphatic rings. The van der Waals surface area contributed by atoms with Gasteiger partial charge in [0.05, 0.1) is 17.7 Å². The first-order chi connectivity index (χ1) is 10.1. The number of pyridine rings is 1. The van der Waals surface area contributed by atoms with Crippen molar-refractivity contribution in [3.05, 3.63) is 39.7 Å². The molecule has 0 saturated heterocycles. The van der Waals surface area contributed by atoms with Crippen LogP contribution in [-0.2, 0) is 13.1 Å². The third-order valence-electron chi connectivity index (χ3n) is 3.70. The average molecular weight is 306 g/mol. The fourth-order valence-corrected chi connectivity index (χ4v) is 3.01. The smallest absolute Gasteiger partial charge is 0.170 e. The number of hydrogen-bond acceptors (Lipinski definition) is 5. The Bertz CT molecular complexity index is 624. The Labute approximate surface area is 128 Å². The molecule has 0 bridgehead atoms. The second kappa shape index (κ2) is 6.07. The van der Waals surface area contributed by atoms with Gasteiger partial charge in [0.2, 0.25) is 0 Å². The van der Waals surface area contributed by atoms with Crippen LogP contribution < -0.4 is 10.2 Å². The molecule has 0 aromatic carbocycles. The second-order valence-corrected chi connectivity index (χ2v) is 6.42. The SMILES string of the molecule is Cc1ncsc1CN(C)c1nccc(CNC2CC2)c1F. The zero-order valence-electron chi connectivity index (χ0n) is 12.3. The Balaban J connectivity index is 1.74. The molecule has 1 saturated carbocycles. The molecule has 1 fully saturated rings. The Hall–Kier alpha value is -1.53. The van der Waals surface area contributed by atoms with E-state index in [9.17, 15) is 4.39 Å². The van der Waals surface area contributed by atoms with Gasteiger partial charge in [-0.25, -0.2) is 14.4 Å². The molecule has 0 atom stereocenters. The number of rotatable bonds is 6. The van der Waals surface area contributed by atoms with Gasteiger partial charge in [0, 0.05) is 36.3 Å². The molecule has 0 amide bonds. The number of aryl methyl sites for hydroxylation is 1. The molecular formula is C15H19FN4S. The normalized spacial score (nSPS) is 14.4. The lowest BCUT2D eigenvalue weighted by atomic mass is 10.2. The number of nitrogens with zero attached hydrogens (tertiary/aromatic N) is 3. The molecule has 2 aromatic heterocycles. The fraction of sp³-hybridized carbons (Fsp3) is 0.467. The standard InChI is InChI=1S/C15H19FN4S/c1-10-13(21-9-19-10)8-20(2)15-14(16)11(5-6-17-15)7-18-12-3-4-12/h5-6,9,12,18H,3-4,7-8H2,1-2H3. The predicted octanol–water partition coefficient (Wildman–Crippen LogP) is 2.87. The van der Waals surface area contributed by atoms with E-state index < -0.39 is 0 Å². The van der Waals surface area contributed by atoms with Crippen molar-refractivity contribution < 1.29 is 4.39 Å². The molecule has 21 heavy (non-hydrogen) atoms. The minimum absolute atomic E-state index is 0.227. The van der Waals surface area contributed by atoms with Crippen molar-refractivity contribution in [2.24, 2.45) is 0 Å². The van der Waals surface area contributed by atoms with Gasteiger partial charge in [0.15, 0.2) is 11.6 Å². The van der Waals surface area contributed by atoms with E-state index in [1.165, 1.54) is 12.8 Å². The van der Waals surface area contributed by atoms with E-state index in [-0.39, 0.29) is 5.82 Å². The number of halogens is 1. The van der Waals surface area contributed by atoms with E-state index in [0.717, 1.165) is 10.6 Å². The summed E-state index contributed by atoms with van der Waals surface area (Å²) in [5.74, 6) is 0.174. The molecule has 0 aliphatic heterocycles. The Morgan fingerprint density at radius 3 is 2.90 bits per heavy atom. The summed E-state index contributed by atoms with van der Waals surface area (Å²) in [5.41, 5.74) is 3.50. The van der Waals surface area contributed by atoms with Gasteiger partial charge in [-0.05, 0) is 25.8 Å². The highest BCUT2D eigenvalue weighted by Crippen LogP contribution is 2.24. The molecule has 0 spiro atoms. The molecule has 3 rings (SSSR count). The van der Waals surface area contributed by atoms with Gasteiger partial charge in [-0.15, -0.1) is 11.3 Å². The van der Waals surface area contributed by atoms with Gasteiger partial charge >= 0.3 is 0 Å². The van der Waals surface area contributed by atoms with Gasteiger partial charge in [-0.3, -0.25) is 0 Å². The maximum Gasteiger partial charge on any atom is 0.170 e. The van der Waals surface area contributed by atoms with E-state index in [4.69, 9.17) is 0 Å². The molecule has 2 heterocycles. The zero-order valence-corrected chi connectivity index (χ0v) is 13.1. The topological polar surface area (TPSA) is 41.1 Å². The van der Waals surface area contributed by atoms with Crippen molar-refractivity contribution in [1.29, 1.82) is 0 Å². The number of thiazole rings is 1. The molecule has 1 aliphatic carbocycles. The van der Waals surface area contributed by atoms with Crippen LogP contribution in [0.25, 0.3) is 0 Å². The third kappa shape index (κ3) is 3.39. The summed E-state index contributed by atoms with van der Waals surface area (Å²) in [6.07, 6.45) is 4.08. The summed E-state index contributed by atoms with van der Waals surface area (Å²) in [5, 5.41) is 3.34. The van der Waals surface area contributed by atoms with Gasteiger partial charge in [0.25, 0.3) is 0 Å². The molecule has 1 N–H and O–H groups in total. The van der Waals surface area contributed by atoms with Gasteiger partial charge in [-0.2, -0.15) is 0 Å². The lowest BCUT2D eigenvalue weighted by molar-refractivity contribution is 0.577. The minimum atomic E-state index is -0.227. The lowest BCUT2D eigenvalue weighted by Gasteiger charge is -2.19. The number of anilines is 1. The van der Waals surface area contributed by atoms with Crippen LogP contribution in [0.1, 0.15) is 29.0 Å². The zero-order chi connectivity index (χ0) is 14.8. The highest BCUT2D eigenvalue weighted by atomic mass is 32.1. The second-order valence-electron chi connectivity index (χ2n) is 5.48. The predicted molar refractivity (Wildman–Crippen MR) is 83.0 cm³/mol. The van der Waals surface area contributed by atoms with Gasteiger partial charge in [-0.1, -0.05) is 0 Å². The summed E-state index contributed by atoms with van der Waals surface area (Å²) >= 11 is 1.59. The summed E-state index contributed by atoms with van der Waals surface area (Å²) in [4.78, 5) is 11.4. The largest absolute Gasteiger partial charge is 0.352 e. The summed E-state index contributed by atoms with van der Waals surface area (Å²) in [6.45, 7) is 3.17.